The molecule has 3 amide bonds. The number of hydrogen-bond acceptors (Lipinski definition) is 12. The summed E-state index contributed by atoms with van der Waals surface area (Å²) in [5.74, 6) is -5.38. The normalized spacial score (nSPS) is 19.9. The summed E-state index contributed by atoms with van der Waals surface area (Å²) in [5.41, 5.74) is 4.55. The highest BCUT2D eigenvalue weighted by molar-refractivity contribution is 6.00. The molecule has 17 nitrogen and oxygen atoms in total. The molecule has 4 fully saturated rings. The van der Waals surface area contributed by atoms with Gasteiger partial charge >= 0.3 is 5.69 Å². The van der Waals surface area contributed by atoms with Gasteiger partial charge in [0.25, 0.3) is 5.91 Å². The van der Waals surface area contributed by atoms with Gasteiger partial charge in [-0.05, 0) is 110 Å². The fourth-order valence-electron chi connectivity index (χ4n) is 11.1. The molecular formula is C55H57F3N10O7. The van der Waals surface area contributed by atoms with Gasteiger partial charge in [0.15, 0.2) is 17.4 Å². The SMILES string of the molecule is COc1ccc(COc2c(F)cc(C(=O)NCC3CCC(n4cc5ccc(-c6cnc(N7CC8(CN(CCCc9ccc%10c(c9)n(C)c(=O)n%10C9CCC(=O)NC9=O)CCO8)C7)nc6)cc5n4)CC3)c(F)c2F)cc1. The first-order valence-corrected chi connectivity index (χ1v) is 25.5. The third kappa shape index (κ3) is 10.1. The van der Waals surface area contributed by atoms with E-state index in [9.17, 15) is 28.0 Å². The number of benzene rings is 4. The molecule has 4 aromatic carbocycles. The van der Waals surface area contributed by atoms with E-state index < -0.39 is 46.6 Å². The Bertz CT molecular complexity index is 3360. The number of aromatic nitrogens is 6. The minimum Gasteiger partial charge on any atom is -0.497 e. The van der Waals surface area contributed by atoms with Gasteiger partial charge in [-0.1, -0.05) is 30.3 Å². The van der Waals surface area contributed by atoms with Crippen molar-refractivity contribution in [3.63, 3.8) is 0 Å². The van der Waals surface area contributed by atoms with Crippen molar-refractivity contribution in [3.8, 4) is 22.6 Å². The van der Waals surface area contributed by atoms with Crippen LogP contribution in [0.25, 0.3) is 33.1 Å². The van der Waals surface area contributed by atoms with Crippen LogP contribution >= 0.6 is 0 Å². The molecule has 0 radical (unpaired) electrons. The number of hydrogen-bond donors (Lipinski definition) is 2. The zero-order valence-corrected chi connectivity index (χ0v) is 41.7. The highest BCUT2D eigenvalue weighted by Gasteiger charge is 2.48. The molecule has 75 heavy (non-hydrogen) atoms. The second-order valence-electron chi connectivity index (χ2n) is 20.3. The van der Waals surface area contributed by atoms with Gasteiger partial charge in [-0.2, -0.15) is 9.49 Å². The average molecular weight is 1030 g/mol. The van der Waals surface area contributed by atoms with E-state index in [1.807, 2.05) is 59.7 Å². The quantitative estimate of drug-likeness (QED) is 0.0811. The lowest BCUT2D eigenvalue weighted by atomic mass is 9.86. The van der Waals surface area contributed by atoms with Gasteiger partial charge in [-0.3, -0.25) is 38.4 Å². The smallest absolute Gasteiger partial charge is 0.329 e. The van der Waals surface area contributed by atoms with Crippen molar-refractivity contribution in [2.75, 3.05) is 57.9 Å². The van der Waals surface area contributed by atoms with E-state index in [-0.39, 0.29) is 48.7 Å². The Hall–Kier alpha value is -7.58. The van der Waals surface area contributed by atoms with Crippen molar-refractivity contribution in [2.24, 2.45) is 13.0 Å². The standard InChI is InChI=1S/C55H57F3N10O7/c1-64-46-22-33(9-16-44(46)68(54(64)72)45-17-18-47(69)62-52(45)71)4-3-19-65-20-21-75-55(30-65)31-66(32-55)53-60-26-38(27-61-53)36-10-11-37-28-67(63-43(37)23-36)39-12-5-34(6-13-39)25-59-51(70)41-24-42(56)50(49(58)48(41)57)74-29-35-7-14-40(73-2)15-8-35/h7-11,14-16,22-24,26-28,34,39,45H,3-6,12-13,17-21,25,29-32H2,1-2H3,(H,59,70)(H,62,69,71). The van der Waals surface area contributed by atoms with E-state index in [4.69, 9.17) is 29.3 Å². The second-order valence-corrected chi connectivity index (χ2v) is 20.3. The number of fused-ring (bicyclic) bond motifs is 2. The topological polar surface area (TPSA) is 180 Å². The number of carbonyl (C=O) groups is 3. The molecule has 390 valence electrons. The van der Waals surface area contributed by atoms with E-state index in [0.717, 1.165) is 91.3 Å². The maximum absolute atomic E-state index is 15.1. The summed E-state index contributed by atoms with van der Waals surface area (Å²) >= 11 is 0. The van der Waals surface area contributed by atoms with Crippen LogP contribution in [-0.2, 0) is 34.4 Å². The highest BCUT2D eigenvalue weighted by Crippen LogP contribution is 2.36. The van der Waals surface area contributed by atoms with Gasteiger partial charge < -0.3 is 24.4 Å². The number of methoxy groups -OCH3 is 1. The maximum atomic E-state index is 15.1. The highest BCUT2D eigenvalue weighted by atomic mass is 19.2. The molecule has 0 bridgehead atoms. The number of nitrogens with one attached hydrogen (secondary N) is 2. The van der Waals surface area contributed by atoms with E-state index in [2.05, 4.69) is 20.4 Å². The van der Waals surface area contributed by atoms with Crippen LogP contribution in [0.4, 0.5) is 19.1 Å². The van der Waals surface area contributed by atoms with Crippen LogP contribution in [0.5, 0.6) is 11.5 Å². The number of aryl methyl sites for hydroxylation is 2. The molecule has 3 saturated heterocycles. The molecule has 1 aliphatic carbocycles. The number of piperidine rings is 1. The number of nitrogens with zero attached hydrogens (tertiary/aromatic N) is 8. The molecule has 6 heterocycles. The average Bonchev–Trinajstić information content (AvgIpc) is 3.96. The number of carbonyl (C=O) groups excluding carboxylic acids is 3. The summed E-state index contributed by atoms with van der Waals surface area (Å²) in [6.45, 7) is 4.62. The number of halogens is 3. The molecule has 2 N–H and O–H groups in total. The monoisotopic (exact) mass is 1030 g/mol. The van der Waals surface area contributed by atoms with E-state index in [1.165, 1.54) is 11.7 Å². The van der Waals surface area contributed by atoms with Gasteiger partial charge in [0.05, 0.1) is 55.0 Å². The predicted molar refractivity (Wildman–Crippen MR) is 272 cm³/mol. The van der Waals surface area contributed by atoms with Crippen LogP contribution in [0.3, 0.4) is 0 Å². The van der Waals surface area contributed by atoms with Crippen LogP contribution in [0, 0.1) is 23.4 Å². The number of imide groups is 1. The summed E-state index contributed by atoms with van der Waals surface area (Å²) in [4.78, 5) is 64.6. The lowest BCUT2D eigenvalue weighted by Crippen LogP contribution is -2.70. The zero-order chi connectivity index (χ0) is 52.0. The van der Waals surface area contributed by atoms with Crippen molar-refractivity contribution >= 4 is 45.6 Å². The minimum absolute atomic E-state index is 0.101. The molecule has 1 spiro atoms. The first-order chi connectivity index (χ1) is 36.3. The molecule has 3 aromatic heterocycles. The number of anilines is 1. The number of rotatable bonds is 15. The number of ether oxygens (including phenoxy) is 3. The molecule has 7 aromatic rings. The molecular weight excluding hydrogens is 970 g/mol. The lowest BCUT2D eigenvalue weighted by Gasteiger charge is -2.53. The van der Waals surface area contributed by atoms with Gasteiger partial charge in [-0.15, -0.1) is 0 Å². The molecule has 1 atom stereocenters. The third-order valence-corrected chi connectivity index (χ3v) is 15.3. The Morgan fingerprint density at radius 1 is 0.880 bits per heavy atom. The third-order valence-electron chi connectivity index (χ3n) is 15.3. The van der Waals surface area contributed by atoms with E-state index >= 15 is 4.39 Å². The summed E-state index contributed by atoms with van der Waals surface area (Å²) in [6, 6.07) is 18.9. The van der Waals surface area contributed by atoms with Gasteiger partial charge in [-0.25, -0.2) is 23.5 Å². The van der Waals surface area contributed by atoms with Crippen molar-refractivity contribution in [1.29, 1.82) is 0 Å². The van der Waals surface area contributed by atoms with Crippen molar-refractivity contribution in [2.45, 2.75) is 75.7 Å². The summed E-state index contributed by atoms with van der Waals surface area (Å²) < 4.78 is 66.8. The Balaban J connectivity index is 0.633. The van der Waals surface area contributed by atoms with Crippen LogP contribution in [0.2, 0.25) is 0 Å². The largest absolute Gasteiger partial charge is 0.497 e. The van der Waals surface area contributed by atoms with Crippen LogP contribution in [-0.4, -0.2) is 110 Å². The maximum Gasteiger partial charge on any atom is 0.329 e. The van der Waals surface area contributed by atoms with Crippen LogP contribution < -0.4 is 30.7 Å². The molecule has 4 aliphatic rings. The number of amides is 3. The fraction of sp³-hybridized carbons (Fsp3) is 0.400. The van der Waals surface area contributed by atoms with E-state index in [0.29, 0.717) is 55.0 Å². The first kappa shape index (κ1) is 49.6. The zero-order valence-electron chi connectivity index (χ0n) is 41.7. The van der Waals surface area contributed by atoms with Gasteiger partial charge in [0.1, 0.15) is 24.0 Å². The molecule has 1 saturated carbocycles. The summed E-state index contributed by atoms with van der Waals surface area (Å²) in [6.07, 6.45) is 11.2. The Labute approximate surface area is 429 Å². The Morgan fingerprint density at radius 3 is 2.41 bits per heavy atom. The predicted octanol–water partition coefficient (Wildman–Crippen LogP) is 6.81. The molecule has 3 aliphatic heterocycles. The molecule has 11 rings (SSSR count). The Morgan fingerprint density at radius 2 is 1.65 bits per heavy atom. The van der Waals surface area contributed by atoms with Crippen LogP contribution in [0.1, 0.15) is 78.5 Å². The van der Waals surface area contributed by atoms with Crippen molar-refractivity contribution in [3.05, 3.63) is 130 Å². The number of morpholine rings is 1. The van der Waals surface area contributed by atoms with E-state index in [1.54, 1.807) is 35.9 Å². The minimum atomic E-state index is -1.56. The number of imidazole rings is 1. The summed E-state index contributed by atoms with van der Waals surface area (Å²) in [7, 11) is 3.23. The molecule has 1 unspecified atom stereocenters. The van der Waals surface area contributed by atoms with Gasteiger partial charge in [0, 0.05) is 62.6 Å². The summed E-state index contributed by atoms with van der Waals surface area (Å²) in [5, 5.41) is 11.0. The van der Waals surface area contributed by atoms with Gasteiger partial charge in [0.2, 0.25) is 23.6 Å². The second kappa shape index (κ2) is 20.6. The van der Waals surface area contributed by atoms with Crippen molar-refractivity contribution < 1.29 is 41.8 Å². The van der Waals surface area contributed by atoms with Crippen LogP contribution in [0.15, 0.2) is 90.1 Å². The van der Waals surface area contributed by atoms with Crippen molar-refractivity contribution in [1.82, 2.24) is 44.4 Å². The Kier molecular flexibility index (Phi) is 13.6. The fourth-order valence-corrected chi connectivity index (χ4v) is 11.1. The lowest BCUT2D eigenvalue weighted by molar-refractivity contribution is -0.135. The molecule has 20 heteroatoms. The first-order valence-electron chi connectivity index (χ1n) is 25.5.